The van der Waals surface area contributed by atoms with Crippen molar-refractivity contribution in [3.63, 3.8) is 0 Å². The van der Waals surface area contributed by atoms with Gasteiger partial charge in [0, 0.05) is 6.20 Å². The minimum atomic E-state index is -4.07. The second-order valence-electron chi connectivity index (χ2n) is 4.03. The number of anilines is 1. The minimum Gasteiger partial charge on any atom is -0.337 e. The molecule has 0 saturated heterocycles. The summed E-state index contributed by atoms with van der Waals surface area (Å²) in [6.45, 7) is 0. The SMILES string of the molecule is O=C1c2ccccc2S(=O)(=O)N1c1c[nH]c(=S)[nH]c1=O. The van der Waals surface area contributed by atoms with Crippen LogP contribution in [0.1, 0.15) is 10.4 Å². The van der Waals surface area contributed by atoms with Crippen molar-refractivity contribution in [2.75, 3.05) is 4.31 Å². The molecule has 0 atom stereocenters. The fourth-order valence-corrected chi connectivity index (χ4v) is 3.72. The first-order valence-corrected chi connectivity index (χ1v) is 7.28. The quantitative estimate of drug-likeness (QED) is 0.758. The van der Waals surface area contributed by atoms with Gasteiger partial charge in [-0.1, -0.05) is 12.1 Å². The maximum absolute atomic E-state index is 12.3. The van der Waals surface area contributed by atoms with Gasteiger partial charge in [0.25, 0.3) is 21.5 Å². The molecule has 0 fully saturated rings. The number of carbonyl (C=O) groups is 1. The zero-order chi connectivity index (χ0) is 14.5. The van der Waals surface area contributed by atoms with Crippen LogP contribution in [0.4, 0.5) is 5.69 Å². The number of carbonyl (C=O) groups excluding carboxylic acids is 1. The largest absolute Gasteiger partial charge is 0.337 e. The number of nitrogens with one attached hydrogen (secondary N) is 2. The molecule has 1 amide bonds. The number of aromatic amines is 2. The van der Waals surface area contributed by atoms with E-state index in [-0.39, 0.29) is 20.9 Å². The van der Waals surface area contributed by atoms with Gasteiger partial charge in [-0.05, 0) is 24.4 Å². The van der Waals surface area contributed by atoms with E-state index in [4.69, 9.17) is 12.2 Å². The summed E-state index contributed by atoms with van der Waals surface area (Å²) in [5, 5.41) is 0. The van der Waals surface area contributed by atoms with Crippen LogP contribution in [0.5, 0.6) is 0 Å². The first kappa shape index (κ1) is 12.8. The van der Waals surface area contributed by atoms with Crippen LogP contribution in [0.15, 0.2) is 40.2 Å². The number of fused-ring (bicyclic) bond motifs is 1. The predicted molar refractivity (Wildman–Crippen MR) is 72.7 cm³/mol. The number of amides is 1. The summed E-state index contributed by atoms with van der Waals surface area (Å²) in [6, 6.07) is 5.78. The summed E-state index contributed by atoms with van der Waals surface area (Å²) in [5.74, 6) is -0.767. The van der Waals surface area contributed by atoms with Crippen LogP contribution in [0.3, 0.4) is 0 Å². The van der Waals surface area contributed by atoms with Crippen LogP contribution in [-0.2, 0) is 10.0 Å². The lowest BCUT2D eigenvalue weighted by Crippen LogP contribution is -2.34. The number of hydrogen-bond acceptors (Lipinski definition) is 5. The molecule has 1 aromatic carbocycles. The zero-order valence-corrected chi connectivity index (χ0v) is 11.4. The van der Waals surface area contributed by atoms with Crippen LogP contribution >= 0.6 is 12.2 Å². The number of H-pyrrole nitrogens is 2. The molecular formula is C11H7N3O4S2. The molecule has 1 aromatic heterocycles. The van der Waals surface area contributed by atoms with E-state index in [9.17, 15) is 18.0 Å². The van der Waals surface area contributed by atoms with E-state index in [0.29, 0.717) is 4.31 Å². The van der Waals surface area contributed by atoms with Crippen molar-refractivity contribution in [3.05, 3.63) is 51.2 Å². The number of rotatable bonds is 1. The molecule has 7 nitrogen and oxygen atoms in total. The van der Waals surface area contributed by atoms with Crippen molar-refractivity contribution in [2.45, 2.75) is 4.90 Å². The Hall–Kier alpha value is -2.26. The molecule has 102 valence electrons. The van der Waals surface area contributed by atoms with Gasteiger partial charge < -0.3 is 4.98 Å². The fourth-order valence-electron chi connectivity index (χ4n) is 1.98. The molecule has 2 heterocycles. The van der Waals surface area contributed by atoms with Gasteiger partial charge in [0.15, 0.2) is 4.77 Å². The Morgan fingerprint density at radius 1 is 1.15 bits per heavy atom. The molecule has 3 rings (SSSR count). The highest BCUT2D eigenvalue weighted by molar-refractivity contribution is 7.94. The summed E-state index contributed by atoms with van der Waals surface area (Å²) in [6.07, 6.45) is 1.10. The van der Waals surface area contributed by atoms with Gasteiger partial charge in [-0.2, -0.15) is 4.31 Å². The Balaban J connectivity index is 2.30. The van der Waals surface area contributed by atoms with E-state index in [2.05, 4.69) is 9.97 Å². The van der Waals surface area contributed by atoms with E-state index >= 15 is 0 Å². The molecule has 0 saturated carbocycles. The number of nitrogens with zero attached hydrogens (tertiary/aromatic N) is 1. The van der Waals surface area contributed by atoms with E-state index in [1.165, 1.54) is 18.2 Å². The third kappa shape index (κ3) is 1.63. The molecule has 2 aromatic rings. The van der Waals surface area contributed by atoms with Crippen molar-refractivity contribution in [1.29, 1.82) is 0 Å². The Kier molecular flexibility index (Phi) is 2.63. The van der Waals surface area contributed by atoms with Gasteiger partial charge in [0.05, 0.1) is 5.56 Å². The summed E-state index contributed by atoms with van der Waals surface area (Å²) in [5.41, 5.74) is -1.03. The number of hydrogen-bond donors (Lipinski definition) is 2. The predicted octanol–water partition coefficient (Wildman–Crippen LogP) is 0.782. The molecule has 0 aliphatic carbocycles. The Bertz CT molecular complexity index is 942. The first-order valence-electron chi connectivity index (χ1n) is 5.43. The second-order valence-corrected chi connectivity index (χ2v) is 6.19. The Labute approximate surface area is 117 Å². The molecule has 20 heavy (non-hydrogen) atoms. The maximum Gasteiger partial charge on any atom is 0.276 e. The topological polar surface area (TPSA) is 103 Å². The first-order chi connectivity index (χ1) is 9.43. The lowest BCUT2D eigenvalue weighted by Gasteiger charge is -2.13. The van der Waals surface area contributed by atoms with Gasteiger partial charge in [-0.3, -0.25) is 14.6 Å². The zero-order valence-electron chi connectivity index (χ0n) is 9.78. The van der Waals surface area contributed by atoms with Crippen molar-refractivity contribution in [3.8, 4) is 0 Å². The number of benzene rings is 1. The summed E-state index contributed by atoms with van der Waals surface area (Å²) in [7, 11) is -4.07. The Morgan fingerprint density at radius 3 is 2.50 bits per heavy atom. The molecule has 0 spiro atoms. The van der Waals surface area contributed by atoms with Crippen LogP contribution in [0.25, 0.3) is 0 Å². The lowest BCUT2D eigenvalue weighted by molar-refractivity contribution is 0.101. The average Bonchev–Trinajstić information content (AvgIpc) is 2.60. The molecule has 1 aliphatic heterocycles. The highest BCUT2D eigenvalue weighted by atomic mass is 32.2. The molecule has 0 unspecified atom stereocenters. The second kappa shape index (κ2) is 4.12. The highest BCUT2D eigenvalue weighted by Gasteiger charge is 2.43. The van der Waals surface area contributed by atoms with E-state index in [1.807, 2.05) is 0 Å². The Morgan fingerprint density at radius 2 is 1.85 bits per heavy atom. The highest BCUT2D eigenvalue weighted by Crippen LogP contribution is 2.32. The molecule has 9 heteroatoms. The van der Waals surface area contributed by atoms with Gasteiger partial charge in [-0.15, -0.1) is 0 Å². The van der Waals surface area contributed by atoms with Crippen LogP contribution in [0, 0.1) is 4.77 Å². The van der Waals surface area contributed by atoms with Crippen molar-refractivity contribution in [2.24, 2.45) is 0 Å². The lowest BCUT2D eigenvalue weighted by atomic mass is 10.2. The molecule has 1 aliphatic rings. The monoisotopic (exact) mass is 309 g/mol. The standard InChI is InChI=1S/C11H7N3O4S2/c15-9-7(5-12-11(19)13-9)14-10(16)6-3-1-2-4-8(6)20(14,17)18/h1-5H,(H2,12,13,15,19). The molecule has 0 radical (unpaired) electrons. The van der Waals surface area contributed by atoms with Gasteiger partial charge in [0.2, 0.25) is 0 Å². The van der Waals surface area contributed by atoms with Crippen LogP contribution in [0.2, 0.25) is 0 Å². The normalized spacial score (nSPS) is 16.2. The van der Waals surface area contributed by atoms with Crippen molar-refractivity contribution >= 4 is 33.8 Å². The van der Waals surface area contributed by atoms with Crippen LogP contribution in [-0.4, -0.2) is 24.3 Å². The van der Waals surface area contributed by atoms with Gasteiger partial charge >= 0.3 is 0 Å². The van der Waals surface area contributed by atoms with E-state index in [0.717, 1.165) is 6.20 Å². The van der Waals surface area contributed by atoms with Gasteiger partial charge in [0.1, 0.15) is 10.6 Å². The smallest absolute Gasteiger partial charge is 0.276 e. The molecular weight excluding hydrogens is 302 g/mol. The average molecular weight is 309 g/mol. The van der Waals surface area contributed by atoms with Gasteiger partial charge in [-0.25, -0.2) is 8.42 Å². The van der Waals surface area contributed by atoms with E-state index in [1.54, 1.807) is 6.07 Å². The van der Waals surface area contributed by atoms with Crippen molar-refractivity contribution < 1.29 is 13.2 Å². The van der Waals surface area contributed by atoms with Crippen LogP contribution < -0.4 is 9.86 Å². The summed E-state index contributed by atoms with van der Waals surface area (Å²) in [4.78, 5) is 28.6. The third-order valence-electron chi connectivity index (χ3n) is 2.84. The molecule has 0 bridgehead atoms. The number of aromatic nitrogens is 2. The van der Waals surface area contributed by atoms with E-state index < -0.39 is 21.5 Å². The molecule has 2 N–H and O–H groups in total. The fraction of sp³-hybridized carbons (Fsp3) is 0. The summed E-state index contributed by atoms with van der Waals surface area (Å²) >= 11 is 4.73. The number of sulfonamides is 1. The van der Waals surface area contributed by atoms with Crippen molar-refractivity contribution in [1.82, 2.24) is 9.97 Å². The maximum atomic E-state index is 12.3. The summed E-state index contributed by atoms with van der Waals surface area (Å²) < 4.78 is 25.2. The minimum absolute atomic E-state index is 0.0364. The third-order valence-corrected chi connectivity index (χ3v) is 4.81.